The van der Waals surface area contributed by atoms with Gasteiger partial charge in [-0.25, -0.2) is 15.0 Å². The van der Waals surface area contributed by atoms with Crippen molar-refractivity contribution < 1.29 is 72.6 Å². The van der Waals surface area contributed by atoms with E-state index in [9.17, 15) is 30.6 Å². The molecule has 0 aliphatic carbocycles. The lowest BCUT2D eigenvalue weighted by Gasteiger charge is -2.43. The maximum absolute atomic E-state index is 10.00. The van der Waals surface area contributed by atoms with Crippen molar-refractivity contribution in [1.82, 2.24) is 19.9 Å². The van der Waals surface area contributed by atoms with E-state index in [2.05, 4.69) is 19.9 Å². The fraction of sp³-hybridized carbons (Fsp3) is 0.706. The predicted molar refractivity (Wildman–Crippen MR) is 119 cm³/mol. The molecule has 13 N–H and O–H groups in total. The molecule has 2 aromatic heterocycles. The van der Waals surface area contributed by atoms with Gasteiger partial charge in [-0.05, 0) is 0 Å². The molecule has 0 spiro atoms. The van der Waals surface area contributed by atoms with Crippen molar-refractivity contribution in [2.75, 3.05) is 25.6 Å². The number of aliphatic hydroxyl groups excluding tert-OH is 8. The molecule has 2 aliphatic rings. The standard InChI is InChI=1S/C12H22O11.C5H5N5.H2O4S/c13-1-4-6(16)8(18)9(19)11(21-4)23-12(3-15)10(20)7(17)5(2-14)22-12;6-4-3-5(9-1-7-3)10-2-8-4;1-5(2,3)4/h4-11,13-20H,1-3H2;1-2H,(H3,6,7,8,9,10);(H2,1,2,3,4)/t4-,5-,6-,7-,8+,9-,10+,11-,12+;;/m1../s1. The number of nitrogen functional groups attached to an aromatic ring is 1. The lowest BCUT2D eigenvalue weighted by molar-refractivity contribution is -0.383. The van der Waals surface area contributed by atoms with Gasteiger partial charge >= 0.3 is 10.4 Å². The van der Waals surface area contributed by atoms with Crippen LogP contribution in [0.2, 0.25) is 0 Å². The smallest absolute Gasteiger partial charge is 0.394 e. The van der Waals surface area contributed by atoms with Crippen LogP contribution in [0.15, 0.2) is 12.7 Å². The molecule has 2 saturated heterocycles. The third-order valence-corrected chi connectivity index (χ3v) is 5.32. The van der Waals surface area contributed by atoms with Gasteiger partial charge in [0.2, 0.25) is 5.79 Å². The lowest BCUT2D eigenvalue weighted by atomic mass is 9.99. The Labute approximate surface area is 213 Å². The molecule has 20 nitrogen and oxygen atoms in total. The van der Waals surface area contributed by atoms with Crippen molar-refractivity contribution in [2.45, 2.75) is 54.8 Å². The number of aromatic nitrogens is 4. The molecule has 9 atom stereocenters. The number of hydrogen-bond donors (Lipinski definition) is 12. The quantitative estimate of drug-likeness (QED) is 0.147. The van der Waals surface area contributed by atoms with Crippen LogP contribution >= 0.6 is 0 Å². The van der Waals surface area contributed by atoms with E-state index in [1.54, 1.807) is 0 Å². The average molecular weight is 576 g/mol. The fourth-order valence-electron chi connectivity index (χ4n) is 3.41. The number of nitrogens with two attached hydrogens (primary N) is 1. The van der Waals surface area contributed by atoms with Crippen LogP contribution in [0.3, 0.4) is 0 Å². The number of rotatable bonds is 5. The van der Waals surface area contributed by atoms with E-state index in [4.69, 9.17) is 47.7 Å². The van der Waals surface area contributed by atoms with E-state index in [1.165, 1.54) is 12.7 Å². The van der Waals surface area contributed by atoms with E-state index >= 15 is 0 Å². The molecule has 0 unspecified atom stereocenters. The molecule has 0 radical (unpaired) electrons. The summed E-state index contributed by atoms with van der Waals surface area (Å²) in [6.45, 7) is -2.32. The Morgan fingerprint density at radius 3 is 2.05 bits per heavy atom. The zero-order valence-electron chi connectivity index (χ0n) is 19.2. The molecule has 4 rings (SSSR count). The number of fused-ring (bicyclic) bond motifs is 1. The van der Waals surface area contributed by atoms with Crippen LogP contribution in [0.25, 0.3) is 11.2 Å². The van der Waals surface area contributed by atoms with Crippen LogP contribution < -0.4 is 5.73 Å². The highest BCUT2D eigenvalue weighted by molar-refractivity contribution is 7.79. The molecule has 218 valence electrons. The van der Waals surface area contributed by atoms with Gasteiger partial charge in [0.1, 0.15) is 61.2 Å². The summed E-state index contributed by atoms with van der Waals surface area (Å²) in [5.74, 6) is -1.81. The minimum atomic E-state index is -4.67. The lowest BCUT2D eigenvalue weighted by Crippen LogP contribution is -2.62. The van der Waals surface area contributed by atoms with Crippen molar-refractivity contribution in [1.29, 1.82) is 0 Å². The number of nitrogens with zero attached hydrogens (tertiary/aromatic N) is 3. The van der Waals surface area contributed by atoms with E-state index in [1.807, 2.05) is 0 Å². The zero-order chi connectivity index (χ0) is 28.8. The van der Waals surface area contributed by atoms with Crippen LogP contribution in [0, 0.1) is 0 Å². The summed E-state index contributed by atoms with van der Waals surface area (Å²) in [7, 11) is -4.67. The second-order valence-electron chi connectivity index (χ2n) is 7.87. The summed E-state index contributed by atoms with van der Waals surface area (Å²) < 4.78 is 47.0. The van der Waals surface area contributed by atoms with Gasteiger partial charge < -0.3 is 65.8 Å². The highest BCUT2D eigenvalue weighted by Crippen LogP contribution is 2.35. The number of aromatic amines is 1. The third kappa shape index (κ3) is 7.67. The van der Waals surface area contributed by atoms with Gasteiger partial charge in [0.05, 0.1) is 19.5 Å². The Bertz CT molecular complexity index is 1110. The van der Waals surface area contributed by atoms with Gasteiger partial charge in [-0.15, -0.1) is 0 Å². The molecule has 0 amide bonds. The average Bonchev–Trinajstić information content (AvgIpc) is 3.44. The maximum atomic E-state index is 10.00. The highest BCUT2D eigenvalue weighted by atomic mass is 32.3. The zero-order valence-corrected chi connectivity index (χ0v) is 20.1. The van der Waals surface area contributed by atoms with Crippen molar-refractivity contribution in [3.8, 4) is 0 Å². The predicted octanol–water partition coefficient (Wildman–Crippen LogP) is -6.11. The largest absolute Gasteiger partial charge is 0.394 e. The Morgan fingerprint density at radius 2 is 1.55 bits per heavy atom. The molecule has 2 fully saturated rings. The Morgan fingerprint density at radius 1 is 0.947 bits per heavy atom. The summed E-state index contributed by atoms with van der Waals surface area (Å²) in [5.41, 5.74) is 6.77. The second-order valence-corrected chi connectivity index (χ2v) is 8.76. The number of H-pyrrole nitrogens is 1. The molecule has 0 aromatic carbocycles. The van der Waals surface area contributed by atoms with E-state index in [0.29, 0.717) is 17.0 Å². The normalized spacial score (nSPS) is 35.2. The Hall–Kier alpha value is -2.22. The summed E-state index contributed by atoms with van der Waals surface area (Å²) >= 11 is 0. The number of hydrogen-bond acceptors (Lipinski definition) is 17. The molecular weight excluding hydrogens is 546 g/mol. The fourth-order valence-corrected chi connectivity index (χ4v) is 3.41. The Balaban J connectivity index is 0.000000275. The van der Waals surface area contributed by atoms with Crippen LogP contribution in [0.5, 0.6) is 0 Å². The van der Waals surface area contributed by atoms with Gasteiger partial charge in [-0.2, -0.15) is 8.42 Å². The first-order valence-corrected chi connectivity index (χ1v) is 11.9. The highest BCUT2D eigenvalue weighted by Gasteiger charge is 2.58. The molecule has 38 heavy (non-hydrogen) atoms. The third-order valence-electron chi connectivity index (χ3n) is 5.32. The Kier molecular flexibility index (Phi) is 11.1. The number of ether oxygens (including phenoxy) is 3. The van der Waals surface area contributed by atoms with E-state index < -0.39 is 85.0 Å². The van der Waals surface area contributed by atoms with Gasteiger partial charge in [-0.3, -0.25) is 9.11 Å². The first kappa shape index (κ1) is 32.0. The summed E-state index contributed by atoms with van der Waals surface area (Å²) in [6.07, 6.45) is -9.72. The van der Waals surface area contributed by atoms with Gasteiger partial charge in [0, 0.05) is 0 Å². The molecule has 0 bridgehead atoms. The van der Waals surface area contributed by atoms with Crippen LogP contribution in [0.1, 0.15) is 0 Å². The SMILES string of the molecule is Nc1ncnc2[nH]cnc12.O=S(=O)(O)O.OC[C@H]1O[C@@](CO)(O[C@H]2O[C@H](CO)[C@@H](O)[C@H](O)[C@H]2O)[C@@H](O)[C@@H]1O. The first-order valence-electron chi connectivity index (χ1n) is 10.5. The topological polar surface area (TPSA) is 345 Å². The summed E-state index contributed by atoms with van der Waals surface area (Å²) in [5, 5.41) is 76.7. The van der Waals surface area contributed by atoms with Gasteiger partial charge in [0.25, 0.3) is 0 Å². The van der Waals surface area contributed by atoms with E-state index in [0.717, 1.165) is 0 Å². The molecule has 2 aliphatic heterocycles. The molecule has 21 heteroatoms. The van der Waals surface area contributed by atoms with Crippen molar-refractivity contribution in [3.05, 3.63) is 12.7 Å². The molecule has 2 aromatic rings. The van der Waals surface area contributed by atoms with Crippen LogP contribution in [-0.2, 0) is 24.6 Å². The van der Waals surface area contributed by atoms with Gasteiger partial charge in [-0.1, -0.05) is 0 Å². The molecule has 4 heterocycles. The molecule has 0 saturated carbocycles. The number of nitrogens with one attached hydrogen (secondary N) is 1. The van der Waals surface area contributed by atoms with Crippen molar-refractivity contribution in [2.24, 2.45) is 0 Å². The maximum Gasteiger partial charge on any atom is 0.394 e. The number of anilines is 1. The molecular formula is C17H29N5O15S. The van der Waals surface area contributed by atoms with Crippen LogP contribution in [0.4, 0.5) is 5.82 Å². The minimum Gasteiger partial charge on any atom is -0.394 e. The summed E-state index contributed by atoms with van der Waals surface area (Å²) in [6, 6.07) is 0. The van der Waals surface area contributed by atoms with Gasteiger partial charge in [0.15, 0.2) is 17.8 Å². The first-order chi connectivity index (χ1) is 17.7. The van der Waals surface area contributed by atoms with E-state index in [-0.39, 0.29) is 0 Å². The second kappa shape index (κ2) is 13.2. The number of imidazole rings is 1. The summed E-state index contributed by atoms with van der Waals surface area (Å²) in [4.78, 5) is 14.4. The minimum absolute atomic E-state index is 0.409. The van der Waals surface area contributed by atoms with Crippen LogP contribution in [-0.4, -0.2) is 153 Å². The van der Waals surface area contributed by atoms with Crippen molar-refractivity contribution in [3.63, 3.8) is 0 Å². The number of aliphatic hydroxyl groups is 8. The monoisotopic (exact) mass is 575 g/mol. The van der Waals surface area contributed by atoms with Crippen molar-refractivity contribution >= 4 is 27.4 Å².